The molecule has 1 fully saturated rings. The molecule has 0 N–H and O–H groups in total. The number of rotatable bonds is 6. The second-order valence-electron chi connectivity index (χ2n) is 5.75. The summed E-state index contributed by atoms with van der Waals surface area (Å²) in [6.45, 7) is 1.67. The fourth-order valence-corrected chi connectivity index (χ4v) is 4.02. The largest absolute Gasteiger partial charge is 0.494 e. The SMILES string of the molecule is COc1ccc(COc2ccc(S(=O)(=O)N3CCOCC3)cc2)cc1F. The van der Waals surface area contributed by atoms with Crippen molar-refractivity contribution in [1.29, 1.82) is 0 Å². The van der Waals surface area contributed by atoms with Crippen LogP contribution in [0.5, 0.6) is 11.5 Å². The van der Waals surface area contributed by atoms with Crippen LogP contribution in [0.25, 0.3) is 0 Å². The maximum absolute atomic E-state index is 13.7. The summed E-state index contributed by atoms with van der Waals surface area (Å²) in [7, 11) is -2.12. The van der Waals surface area contributed by atoms with Crippen molar-refractivity contribution in [1.82, 2.24) is 4.31 Å². The highest BCUT2D eigenvalue weighted by Crippen LogP contribution is 2.22. The van der Waals surface area contributed by atoms with Crippen molar-refractivity contribution >= 4 is 10.0 Å². The first-order valence-corrected chi connectivity index (χ1v) is 9.58. The van der Waals surface area contributed by atoms with Crippen molar-refractivity contribution < 1.29 is 27.0 Å². The summed E-state index contributed by atoms with van der Waals surface area (Å²) in [6, 6.07) is 10.8. The van der Waals surface area contributed by atoms with Crippen LogP contribution in [0.2, 0.25) is 0 Å². The topological polar surface area (TPSA) is 65.1 Å². The molecule has 2 aromatic rings. The molecule has 0 atom stereocenters. The van der Waals surface area contributed by atoms with Gasteiger partial charge in [-0.3, -0.25) is 0 Å². The molecule has 1 heterocycles. The van der Waals surface area contributed by atoms with Crippen LogP contribution in [0.4, 0.5) is 4.39 Å². The van der Waals surface area contributed by atoms with Gasteiger partial charge in [-0.1, -0.05) is 6.07 Å². The minimum Gasteiger partial charge on any atom is -0.494 e. The molecule has 0 saturated carbocycles. The van der Waals surface area contributed by atoms with Gasteiger partial charge in [0.1, 0.15) is 12.4 Å². The Morgan fingerprint density at radius 3 is 2.42 bits per heavy atom. The van der Waals surface area contributed by atoms with Crippen LogP contribution in [-0.4, -0.2) is 46.1 Å². The molecule has 0 aliphatic carbocycles. The molecule has 6 nitrogen and oxygen atoms in total. The van der Waals surface area contributed by atoms with Crippen LogP contribution in [-0.2, 0) is 21.4 Å². The van der Waals surface area contributed by atoms with Crippen molar-refractivity contribution in [2.24, 2.45) is 0 Å². The van der Waals surface area contributed by atoms with E-state index >= 15 is 0 Å². The van der Waals surface area contributed by atoms with Gasteiger partial charge in [0.05, 0.1) is 25.2 Å². The van der Waals surface area contributed by atoms with E-state index in [0.29, 0.717) is 37.6 Å². The Hall–Kier alpha value is -2.16. The lowest BCUT2D eigenvalue weighted by Crippen LogP contribution is -2.40. The minimum atomic E-state index is -3.52. The first kappa shape index (κ1) is 18.6. The molecule has 8 heteroatoms. The molecular formula is C18H20FNO5S. The predicted molar refractivity (Wildman–Crippen MR) is 93.3 cm³/mol. The molecule has 3 rings (SSSR count). The third kappa shape index (κ3) is 4.14. The number of hydrogen-bond donors (Lipinski definition) is 0. The fourth-order valence-electron chi connectivity index (χ4n) is 2.61. The third-order valence-corrected chi connectivity index (χ3v) is 5.97. The van der Waals surface area contributed by atoms with Gasteiger partial charge < -0.3 is 14.2 Å². The monoisotopic (exact) mass is 381 g/mol. The quantitative estimate of drug-likeness (QED) is 0.769. The molecular weight excluding hydrogens is 361 g/mol. The van der Waals surface area contributed by atoms with Gasteiger partial charge >= 0.3 is 0 Å². The van der Waals surface area contributed by atoms with Crippen LogP contribution < -0.4 is 9.47 Å². The maximum atomic E-state index is 13.7. The van der Waals surface area contributed by atoms with E-state index in [2.05, 4.69) is 0 Å². The normalized spacial score (nSPS) is 15.6. The van der Waals surface area contributed by atoms with Crippen LogP contribution in [0.3, 0.4) is 0 Å². The number of halogens is 1. The van der Waals surface area contributed by atoms with E-state index in [0.717, 1.165) is 0 Å². The van der Waals surface area contributed by atoms with E-state index in [1.165, 1.54) is 35.7 Å². The summed E-state index contributed by atoms with van der Waals surface area (Å²) in [5.74, 6) is 0.217. The highest BCUT2D eigenvalue weighted by molar-refractivity contribution is 7.89. The summed E-state index contributed by atoms with van der Waals surface area (Å²) >= 11 is 0. The predicted octanol–water partition coefficient (Wildman–Crippen LogP) is 2.43. The third-order valence-electron chi connectivity index (χ3n) is 4.05. The number of nitrogens with zero attached hydrogens (tertiary/aromatic N) is 1. The van der Waals surface area contributed by atoms with Crippen molar-refractivity contribution in [3.8, 4) is 11.5 Å². The van der Waals surface area contributed by atoms with Crippen molar-refractivity contribution in [2.75, 3.05) is 33.4 Å². The van der Waals surface area contributed by atoms with E-state index in [-0.39, 0.29) is 17.3 Å². The minimum absolute atomic E-state index is 0.163. The Morgan fingerprint density at radius 2 is 1.81 bits per heavy atom. The first-order chi connectivity index (χ1) is 12.5. The number of morpholine rings is 1. The van der Waals surface area contributed by atoms with Gasteiger partial charge in [0.15, 0.2) is 11.6 Å². The molecule has 26 heavy (non-hydrogen) atoms. The van der Waals surface area contributed by atoms with Crippen LogP contribution >= 0.6 is 0 Å². The molecule has 0 radical (unpaired) electrons. The second kappa shape index (κ2) is 8.03. The molecule has 1 aliphatic heterocycles. The Morgan fingerprint density at radius 1 is 1.12 bits per heavy atom. The zero-order valence-electron chi connectivity index (χ0n) is 14.4. The summed E-state index contributed by atoms with van der Waals surface area (Å²) in [5, 5.41) is 0. The van der Waals surface area contributed by atoms with Gasteiger partial charge in [-0.2, -0.15) is 4.31 Å². The van der Waals surface area contributed by atoms with E-state index in [4.69, 9.17) is 14.2 Å². The van der Waals surface area contributed by atoms with Crippen molar-refractivity contribution in [3.63, 3.8) is 0 Å². The van der Waals surface area contributed by atoms with Gasteiger partial charge in [-0.15, -0.1) is 0 Å². The lowest BCUT2D eigenvalue weighted by Gasteiger charge is -2.26. The summed E-state index contributed by atoms with van der Waals surface area (Å²) in [6.07, 6.45) is 0. The first-order valence-electron chi connectivity index (χ1n) is 8.14. The maximum Gasteiger partial charge on any atom is 0.243 e. The highest BCUT2D eigenvalue weighted by atomic mass is 32.2. The fraction of sp³-hybridized carbons (Fsp3) is 0.333. The molecule has 0 unspecified atom stereocenters. The van der Waals surface area contributed by atoms with Crippen molar-refractivity contribution in [3.05, 3.63) is 53.8 Å². The number of methoxy groups -OCH3 is 1. The summed E-state index contributed by atoms with van der Waals surface area (Å²) in [4.78, 5) is 0.210. The standard InChI is InChI=1S/C18H20FNO5S/c1-23-18-7-2-14(12-17(18)19)13-25-15-3-5-16(6-4-15)26(21,22)20-8-10-24-11-9-20/h2-7,12H,8-11,13H2,1H3. The average Bonchev–Trinajstić information content (AvgIpc) is 2.67. The van der Waals surface area contributed by atoms with Gasteiger partial charge in [-0.25, -0.2) is 12.8 Å². The Bertz CT molecular complexity index is 848. The lowest BCUT2D eigenvalue weighted by molar-refractivity contribution is 0.0730. The zero-order valence-corrected chi connectivity index (χ0v) is 15.2. The molecule has 1 saturated heterocycles. The van der Waals surface area contributed by atoms with E-state index in [1.54, 1.807) is 18.2 Å². The van der Waals surface area contributed by atoms with E-state index < -0.39 is 15.8 Å². The number of ether oxygens (including phenoxy) is 3. The molecule has 1 aliphatic rings. The molecule has 0 amide bonds. The van der Waals surface area contributed by atoms with Crippen LogP contribution in [0.1, 0.15) is 5.56 Å². The molecule has 2 aromatic carbocycles. The second-order valence-corrected chi connectivity index (χ2v) is 7.68. The Labute approximate surface area is 152 Å². The van der Waals surface area contributed by atoms with Crippen LogP contribution in [0, 0.1) is 5.82 Å². The van der Waals surface area contributed by atoms with E-state index in [9.17, 15) is 12.8 Å². The molecule has 0 bridgehead atoms. The Balaban J connectivity index is 1.65. The van der Waals surface area contributed by atoms with Crippen molar-refractivity contribution in [2.45, 2.75) is 11.5 Å². The smallest absolute Gasteiger partial charge is 0.243 e. The zero-order chi connectivity index (χ0) is 18.6. The van der Waals surface area contributed by atoms with Gasteiger partial charge in [0, 0.05) is 13.1 Å². The highest BCUT2D eigenvalue weighted by Gasteiger charge is 2.26. The number of hydrogen-bond acceptors (Lipinski definition) is 5. The lowest BCUT2D eigenvalue weighted by atomic mass is 10.2. The van der Waals surface area contributed by atoms with Gasteiger partial charge in [0.2, 0.25) is 10.0 Å². The number of benzene rings is 2. The Kier molecular flexibility index (Phi) is 5.75. The van der Waals surface area contributed by atoms with Crippen LogP contribution in [0.15, 0.2) is 47.4 Å². The molecule has 0 spiro atoms. The summed E-state index contributed by atoms with van der Waals surface area (Å²) in [5.41, 5.74) is 0.647. The van der Waals surface area contributed by atoms with Gasteiger partial charge in [0.25, 0.3) is 0 Å². The number of sulfonamides is 1. The summed E-state index contributed by atoms with van der Waals surface area (Å²) < 4.78 is 55.8. The molecule has 140 valence electrons. The van der Waals surface area contributed by atoms with Gasteiger partial charge in [-0.05, 0) is 42.0 Å². The average molecular weight is 381 g/mol. The molecule has 0 aromatic heterocycles. The van der Waals surface area contributed by atoms with E-state index in [1.807, 2.05) is 0 Å².